The maximum Gasteiger partial charge on any atom is 0.248 e. The number of carbonyl (C=O) groups excluding carboxylic acids is 1. The van der Waals surface area contributed by atoms with Crippen molar-refractivity contribution in [2.24, 2.45) is 5.73 Å². The first-order chi connectivity index (χ1) is 17.9. The SMILES string of the molecule is CC(c1nn(-c2cccnc2)c2cc(Cl)ccc12)n1nc(-c2cccc(C(N)=O)c2)c2c(N)ncnc21. The van der Waals surface area contributed by atoms with E-state index in [2.05, 4.69) is 15.0 Å². The van der Waals surface area contributed by atoms with E-state index in [0.717, 1.165) is 22.3 Å². The van der Waals surface area contributed by atoms with Crippen molar-refractivity contribution in [1.82, 2.24) is 34.5 Å². The van der Waals surface area contributed by atoms with Gasteiger partial charge in [0.05, 0.1) is 34.5 Å². The van der Waals surface area contributed by atoms with Crippen molar-refractivity contribution in [1.29, 1.82) is 0 Å². The summed E-state index contributed by atoms with van der Waals surface area (Å²) < 4.78 is 3.58. The molecule has 0 saturated carbocycles. The third-order valence-corrected chi connectivity index (χ3v) is 6.50. The van der Waals surface area contributed by atoms with Gasteiger partial charge in [-0.25, -0.2) is 19.3 Å². The van der Waals surface area contributed by atoms with Gasteiger partial charge >= 0.3 is 0 Å². The Bertz CT molecular complexity index is 1810. The van der Waals surface area contributed by atoms with Gasteiger partial charge in [0.15, 0.2) is 5.65 Å². The van der Waals surface area contributed by atoms with Crippen LogP contribution in [0.2, 0.25) is 5.02 Å². The molecule has 182 valence electrons. The number of fused-ring (bicyclic) bond motifs is 2. The minimum Gasteiger partial charge on any atom is -0.383 e. The molecule has 0 aliphatic carbocycles. The summed E-state index contributed by atoms with van der Waals surface area (Å²) in [6.45, 7) is 1.98. The summed E-state index contributed by atoms with van der Waals surface area (Å²) in [5.74, 6) is -0.255. The Hall–Kier alpha value is -4.83. The second-order valence-electron chi connectivity index (χ2n) is 8.54. The van der Waals surface area contributed by atoms with E-state index in [1.54, 1.807) is 35.3 Å². The third kappa shape index (κ3) is 3.74. The predicted octanol–water partition coefficient (Wildman–Crippen LogP) is 4.17. The molecule has 0 bridgehead atoms. The predicted molar refractivity (Wildman–Crippen MR) is 141 cm³/mol. The molecule has 0 radical (unpaired) electrons. The molecular formula is C26H20ClN9O. The molecule has 0 aliphatic heterocycles. The highest BCUT2D eigenvalue weighted by atomic mass is 35.5. The van der Waals surface area contributed by atoms with Crippen LogP contribution in [0, 0.1) is 0 Å². The van der Waals surface area contributed by atoms with E-state index in [0.29, 0.717) is 32.9 Å². The topological polar surface area (TPSA) is 143 Å². The lowest BCUT2D eigenvalue weighted by molar-refractivity contribution is 0.100. The van der Waals surface area contributed by atoms with Gasteiger partial charge in [0.2, 0.25) is 5.91 Å². The van der Waals surface area contributed by atoms with E-state index < -0.39 is 5.91 Å². The van der Waals surface area contributed by atoms with Crippen LogP contribution in [0.4, 0.5) is 5.82 Å². The fourth-order valence-electron chi connectivity index (χ4n) is 4.50. The minimum absolute atomic E-state index is 0.278. The van der Waals surface area contributed by atoms with Crippen LogP contribution in [0.15, 0.2) is 73.3 Å². The number of halogens is 1. The van der Waals surface area contributed by atoms with Crippen LogP contribution in [-0.4, -0.2) is 40.4 Å². The number of primary amides is 1. The lowest BCUT2D eigenvalue weighted by atomic mass is 10.1. The molecule has 10 nitrogen and oxygen atoms in total. The Kier molecular flexibility index (Phi) is 5.31. The van der Waals surface area contributed by atoms with E-state index >= 15 is 0 Å². The molecule has 4 heterocycles. The van der Waals surface area contributed by atoms with Gasteiger partial charge < -0.3 is 11.5 Å². The molecule has 1 atom stereocenters. The van der Waals surface area contributed by atoms with E-state index in [1.165, 1.54) is 6.33 Å². The van der Waals surface area contributed by atoms with Crippen molar-refractivity contribution < 1.29 is 4.79 Å². The molecular weight excluding hydrogens is 490 g/mol. The van der Waals surface area contributed by atoms with E-state index in [1.807, 2.05) is 48.0 Å². The summed E-state index contributed by atoms with van der Waals surface area (Å²) >= 11 is 6.35. The number of pyridine rings is 1. The molecule has 0 spiro atoms. The Morgan fingerprint density at radius 3 is 2.70 bits per heavy atom. The molecule has 1 amide bonds. The standard InChI is InChI=1S/C26H20ClN9O/c1-14(22-19-8-7-17(27)11-20(19)36(33-22)18-6-3-9-30-12-18)35-26-21(24(28)31-13-32-26)23(34-35)15-4-2-5-16(10-15)25(29)37/h2-14H,1H3,(H2,29,37)(H2,28,31,32). The number of nitrogen functional groups attached to an aromatic ring is 1. The van der Waals surface area contributed by atoms with Crippen molar-refractivity contribution in [3.05, 3.63) is 89.6 Å². The average molecular weight is 510 g/mol. The van der Waals surface area contributed by atoms with Crippen LogP contribution < -0.4 is 11.5 Å². The monoisotopic (exact) mass is 509 g/mol. The maximum absolute atomic E-state index is 11.8. The van der Waals surface area contributed by atoms with Gasteiger partial charge in [-0.15, -0.1) is 0 Å². The number of anilines is 1. The molecule has 0 aliphatic rings. The number of carbonyl (C=O) groups is 1. The zero-order valence-electron chi connectivity index (χ0n) is 19.6. The highest BCUT2D eigenvalue weighted by Gasteiger charge is 2.25. The number of benzene rings is 2. The first-order valence-corrected chi connectivity index (χ1v) is 11.8. The fraction of sp³-hybridized carbons (Fsp3) is 0.0769. The molecule has 4 N–H and O–H groups in total. The van der Waals surface area contributed by atoms with E-state index in [4.69, 9.17) is 33.3 Å². The van der Waals surface area contributed by atoms with Gasteiger partial charge in [0.1, 0.15) is 17.8 Å². The van der Waals surface area contributed by atoms with Crippen LogP contribution >= 0.6 is 11.6 Å². The minimum atomic E-state index is -0.533. The van der Waals surface area contributed by atoms with E-state index in [9.17, 15) is 4.79 Å². The number of aromatic nitrogens is 7. The highest BCUT2D eigenvalue weighted by Crippen LogP contribution is 2.35. The first kappa shape index (κ1) is 22.6. The quantitative estimate of drug-likeness (QED) is 0.355. The molecule has 37 heavy (non-hydrogen) atoms. The fourth-order valence-corrected chi connectivity index (χ4v) is 4.67. The van der Waals surface area contributed by atoms with Crippen LogP contribution in [-0.2, 0) is 0 Å². The molecule has 11 heteroatoms. The second-order valence-corrected chi connectivity index (χ2v) is 8.98. The Balaban J connectivity index is 1.57. The number of nitrogens with zero attached hydrogens (tertiary/aromatic N) is 7. The van der Waals surface area contributed by atoms with Gasteiger partial charge in [-0.1, -0.05) is 23.7 Å². The summed E-state index contributed by atoms with van der Waals surface area (Å²) in [6.07, 6.45) is 4.85. The third-order valence-electron chi connectivity index (χ3n) is 6.26. The number of hydrogen-bond acceptors (Lipinski definition) is 7. The Labute approximate surface area is 215 Å². The van der Waals surface area contributed by atoms with Crippen molar-refractivity contribution in [2.75, 3.05) is 5.73 Å². The normalized spacial score (nSPS) is 12.3. The zero-order chi connectivity index (χ0) is 25.7. The molecule has 2 aromatic carbocycles. The zero-order valence-corrected chi connectivity index (χ0v) is 20.3. The van der Waals surface area contributed by atoms with Crippen molar-refractivity contribution >= 4 is 45.3 Å². The van der Waals surface area contributed by atoms with Gasteiger partial charge in [0, 0.05) is 27.7 Å². The van der Waals surface area contributed by atoms with E-state index in [-0.39, 0.29) is 11.9 Å². The molecule has 0 fully saturated rings. The average Bonchev–Trinajstić information content (AvgIpc) is 3.49. The summed E-state index contributed by atoms with van der Waals surface area (Å²) in [5.41, 5.74) is 16.3. The molecule has 1 unspecified atom stereocenters. The number of nitrogens with two attached hydrogens (primary N) is 2. The Morgan fingerprint density at radius 1 is 1.05 bits per heavy atom. The first-order valence-electron chi connectivity index (χ1n) is 11.4. The summed E-state index contributed by atoms with van der Waals surface area (Å²) in [6, 6.07) is 16.0. The second kappa shape index (κ2) is 8.68. The summed E-state index contributed by atoms with van der Waals surface area (Å²) in [5, 5.41) is 11.9. The van der Waals surface area contributed by atoms with Gasteiger partial charge in [-0.2, -0.15) is 10.2 Å². The van der Waals surface area contributed by atoms with Crippen LogP contribution in [0.1, 0.15) is 29.0 Å². The maximum atomic E-state index is 11.8. The lowest BCUT2D eigenvalue weighted by Gasteiger charge is -2.11. The van der Waals surface area contributed by atoms with Gasteiger partial charge in [0.25, 0.3) is 0 Å². The van der Waals surface area contributed by atoms with Gasteiger partial charge in [-0.05, 0) is 49.4 Å². The molecule has 4 aromatic heterocycles. The number of amides is 1. The van der Waals surface area contributed by atoms with Crippen LogP contribution in [0.25, 0.3) is 38.9 Å². The van der Waals surface area contributed by atoms with Crippen LogP contribution in [0.5, 0.6) is 0 Å². The lowest BCUT2D eigenvalue weighted by Crippen LogP contribution is -2.11. The number of rotatable bonds is 5. The highest BCUT2D eigenvalue weighted by molar-refractivity contribution is 6.31. The van der Waals surface area contributed by atoms with Crippen molar-refractivity contribution in [3.63, 3.8) is 0 Å². The Morgan fingerprint density at radius 2 is 1.92 bits per heavy atom. The van der Waals surface area contributed by atoms with Gasteiger partial charge in [-0.3, -0.25) is 9.78 Å². The molecule has 6 aromatic rings. The smallest absolute Gasteiger partial charge is 0.248 e. The number of hydrogen-bond donors (Lipinski definition) is 2. The van der Waals surface area contributed by atoms with Crippen molar-refractivity contribution in [2.45, 2.75) is 13.0 Å². The van der Waals surface area contributed by atoms with Crippen molar-refractivity contribution in [3.8, 4) is 16.9 Å². The molecule has 0 saturated heterocycles. The molecule has 6 rings (SSSR count). The summed E-state index contributed by atoms with van der Waals surface area (Å²) in [7, 11) is 0. The summed E-state index contributed by atoms with van der Waals surface area (Å²) in [4.78, 5) is 24.7. The van der Waals surface area contributed by atoms with Crippen LogP contribution in [0.3, 0.4) is 0 Å². The largest absolute Gasteiger partial charge is 0.383 e.